The first-order valence-electron chi connectivity index (χ1n) is 5.41. The van der Waals surface area contributed by atoms with Gasteiger partial charge in [0.25, 0.3) is 0 Å². The fourth-order valence-electron chi connectivity index (χ4n) is 1.49. The molecule has 0 unspecified atom stereocenters. The third kappa shape index (κ3) is 2.83. The Balaban J connectivity index is 1.96. The van der Waals surface area contributed by atoms with Crippen molar-refractivity contribution >= 4 is 17.6 Å². The minimum Gasteiger partial charge on any atom is -0.398 e. The molecule has 1 aromatic carbocycles. The zero-order chi connectivity index (χ0) is 11.4. The summed E-state index contributed by atoms with van der Waals surface area (Å²) < 4.78 is 3.32. The van der Waals surface area contributed by atoms with Gasteiger partial charge in [-0.3, -0.25) is 0 Å². The Morgan fingerprint density at radius 2 is 2.19 bits per heavy atom. The monoisotopic (exact) mass is 232 g/mol. The second kappa shape index (κ2) is 5.12. The Morgan fingerprint density at radius 1 is 1.31 bits per heavy atom. The number of nitrogen functional groups attached to an aromatic ring is 1. The number of nitrogens with two attached hydrogens (primary N) is 1. The maximum atomic E-state index is 5.86. The summed E-state index contributed by atoms with van der Waals surface area (Å²) in [6.45, 7) is 2.02. The van der Waals surface area contributed by atoms with Crippen LogP contribution < -0.4 is 10.5 Å². The van der Waals surface area contributed by atoms with E-state index in [0.29, 0.717) is 0 Å². The molecule has 0 spiro atoms. The zero-order valence-corrected chi connectivity index (χ0v) is 10.2. The van der Waals surface area contributed by atoms with Crippen molar-refractivity contribution < 1.29 is 0 Å². The largest absolute Gasteiger partial charge is 0.398 e. The molecule has 84 valence electrons. The standard InChI is InChI=1S/C13H16N2S/c1-10-7-8-12(9-13(10)14)16-15-11-5-3-2-4-6-11/h3,5-9,15H,2,4,14H2,1H3. The summed E-state index contributed by atoms with van der Waals surface area (Å²) in [5.41, 5.74) is 9.01. The van der Waals surface area contributed by atoms with Gasteiger partial charge in [-0.1, -0.05) is 18.2 Å². The Hall–Kier alpha value is -1.35. The first-order chi connectivity index (χ1) is 7.75. The molecule has 2 nitrogen and oxygen atoms in total. The zero-order valence-electron chi connectivity index (χ0n) is 9.36. The number of benzene rings is 1. The smallest absolute Gasteiger partial charge is 0.0400 e. The van der Waals surface area contributed by atoms with Crippen LogP contribution in [0.2, 0.25) is 0 Å². The van der Waals surface area contributed by atoms with Crippen LogP contribution in [0.3, 0.4) is 0 Å². The van der Waals surface area contributed by atoms with Crippen LogP contribution in [0.4, 0.5) is 5.69 Å². The highest BCUT2D eigenvalue weighted by atomic mass is 32.2. The number of anilines is 1. The van der Waals surface area contributed by atoms with E-state index in [1.54, 1.807) is 11.9 Å². The third-order valence-corrected chi connectivity index (χ3v) is 3.36. The molecule has 3 heteroatoms. The van der Waals surface area contributed by atoms with E-state index < -0.39 is 0 Å². The molecule has 1 aromatic rings. The van der Waals surface area contributed by atoms with Crippen molar-refractivity contribution in [1.29, 1.82) is 0 Å². The molecule has 0 atom stereocenters. The number of nitrogens with one attached hydrogen (secondary N) is 1. The molecular formula is C13H16N2S. The van der Waals surface area contributed by atoms with Gasteiger partial charge < -0.3 is 10.5 Å². The van der Waals surface area contributed by atoms with Gasteiger partial charge in [-0.15, -0.1) is 0 Å². The SMILES string of the molecule is Cc1ccc(SNC2=CCCC=C2)cc1N. The van der Waals surface area contributed by atoms with Gasteiger partial charge in [0.2, 0.25) is 0 Å². The summed E-state index contributed by atoms with van der Waals surface area (Å²) in [6.07, 6.45) is 8.79. The molecule has 3 N–H and O–H groups in total. The van der Waals surface area contributed by atoms with E-state index in [0.717, 1.165) is 29.0 Å². The lowest BCUT2D eigenvalue weighted by Gasteiger charge is -2.10. The number of aryl methyl sites for hydroxylation is 1. The van der Waals surface area contributed by atoms with Crippen LogP contribution in [0.1, 0.15) is 18.4 Å². The number of hydrogen-bond donors (Lipinski definition) is 2. The van der Waals surface area contributed by atoms with E-state index in [4.69, 9.17) is 5.73 Å². The molecule has 1 aliphatic carbocycles. The van der Waals surface area contributed by atoms with Crippen molar-refractivity contribution in [2.75, 3.05) is 5.73 Å². The number of rotatable bonds is 3. The van der Waals surface area contributed by atoms with E-state index in [1.807, 2.05) is 19.1 Å². The van der Waals surface area contributed by atoms with Crippen LogP contribution in [0.5, 0.6) is 0 Å². The van der Waals surface area contributed by atoms with E-state index >= 15 is 0 Å². The molecule has 1 aliphatic rings. The van der Waals surface area contributed by atoms with Crippen molar-refractivity contribution in [3.63, 3.8) is 0 Å². The van der Waals surface area contributed by atoms with Crippen LogP contribution >= 0.6 is 11.9 Å². The molecule has 0 bridgehead atoms. The van der Waals surface area contributed by atoms with Crippen LogP contribution in [-0.4, -0.2) is 0 Å². The van der Waals surface area contributed by atoms with Gasteiger partial charge >= 0.3 is 0 Å². The molecule has 0 radical (unpaired) electrons. The highest BCUT2D eigenvalue weighted by Gasteiger charge is 2.00. The normalized spacial score (nSPS) is 14.7. The fourth-order valence-corrected chi connectivity index (χ4v) is 2.20. The van der Waals surface area contributed by atoms with Crippen molar-refractivity contribution in [3.05, 3.63) is 47.7 Å². The van der Waals surface area contributed by atoms with Crippen molar-refractivity contribution in [2.45, 2.75) is 24.7 Å². The Kier molecular flexibility index (Phi) is 3.57. The second-order valence-electron chi connectivity index (χ2n) is 3.86. The summed E-state index contributed by atoms with van der Waals surface area (Å²) >= 11 is 1.60. The minimum atomic E-state index is 0.847. The summed E-state index contributed by atoms with van der Waals surface area (Å²) in [5.74, 6) is 0. The maximum Gasteiger partial charge on any atom is 0.0400 e. The molecule has 2 rings (SSSR count). The highest BCUT2D eigenvalue weighted by molar-refractivity contribution is 7.97. The van der Waals surface area contributed by atoms with Gasteiger partial charge in [0.1, 0.15) is 0 Å². The van der Waals surface area contributed by atoms with E-state index in [1.165, 1.54) is 5.70 Å². The second-order valence-corrected chi connectivity index (χ2v) is 4.74. The quantitative estimate of drug-likeness (QED) is 0.619. The number of allylic oxidation sites excluding steroid dienone is 3. The topological polar surface area (TPSA) is 38.0 Å². The Labute approximate surface area is 101 Å². The van der Waals surface area contributed by atoms with Crippen molar-refractivity contribution in [3.8, 4) is 0 Å². The van der Waals surface area contributed by atoms with Gasteiger partial charge in [0, 0.05) is 16.3 Å². The Bertz CT molecular complexity index is 436. The lowest BCUT2D eigenvalue weighted by molar-refractivity contribution is 0.998. The van der Waals surface area contributed by atoms with Crippen LogP contribution in [-0.2, 0) is 0 Å². The van der Waals surface area contributed by atoms with E-state index in [2.05, 4.69) is 29.0 Å². The molecule has 0 aromatic heterocycles. The average Bonchev–Trinajstić information content (AvgIpc) is 2.32. The van der Waals surface area contributed by atoms with Crippen LogP contribution in [0, 0.1) is 6.92 Å². The lowest BCUT2D eigenvalue weighted by atomic mass is 10.2. The maximum absolute atomic E-state index is 5.86. The molecule has 0 saturated carbocycles. The summed E-state index contributed by atoms with van der Waals surface area (Å²) in [6, 6.07) is 6.13. The summed E-state index contributed by atoms with van der Waals surface area (Å²) in [4.78, 5) is 1.14. The van der Waals surface area contributed by atoms with Gasteiger partial charge in [-0.2, -0.15) is 0 Å². The molecule has 0 heterocycles. The molecule has 0 amide bonds. The van der Waals surface area contributed by atoms with E-state index in [-0.39, 0.29) is 0 Å². The summed E-state index contributed by atoms with van der Waals surface area (Å²) in [5, 5.41) is 0. The predicted molar refractivity (Wildman–Crippen MR) is 71.0 cm³/mol. The first kappa shape index (κ1) is 11.1. The lowest BCUT2D eigenvalue weighted by Crippen LogP contribution is -2.02. The first-order valence-corrected chi connectivity index (χ1v) is 6.23. The van der Waals surface area contributed by atoms with Crippen LogP contribution in [0.15, 0.2) is 47.0 Å². The van der Waals surface area contributed by atoms with Gasteiger partial charge in [-0.05, 0) is 55.5 Å². The van der Waals surface area contributed by atoms with Gasteiger partial charge in [0.05, 0.1) is 0 Å². The molecule has 0 fully saturated rings. The third-order valence-electron chi connectivity index (χ3n) is 2.53. The van der Waals surface area contributed by atoms with Crippen molar-refractivity contribution in [1.82, 2.24) is 4.72 Å². The average molecular weight is 232 g/mol. The van der Waals surface area contributed by atoms with E-state index in [9.17, 15) is 0 Å². The van der Waals surface area contributed by atoms with Crippen LogP contribution in [0.25, 0.3) is 0 Å². The molecule has 16 heavy (non-hydrogen) atoms. The predicted octanol–water partition coefficient (Wildman–Crippen LogP) is 3.41. The molecular weight excluding hydrogens is 216 g/mol. The molecule has 0 aliphatic heterocycles. The molecule has 0 saturated heterocycles. The Morgan fingerprint density at radius 3 is 2.88 bits per heavy atom. The number of hydrogen-bond acceptors (Lipinski definition) is 3. The van der Waals surface area contributed by atoms with Gasteiger partial charge in [0.15, 0.2) is 0 Å². The fraction of sp³-hybridized carbons (Fsp3) is 0.231. The minimum absolute atomic E-state index is 0.847. The highest BCUT2D eigenvalue weighted by Crippen LogP contribution is 2.22. The van der Waals surface area contributed by atoms with Gasteiger partial charge in [-0.25, -0.2) is 0 Å². The van der Waals surface area contributed by atoms with Crippen molar-refractivity contribution in [2.24, 2.45) is 0 Å². The summed E-state index contributed by atoms with van der Waals surface area (Å²) in [7, 11) is 0.